The quantitative estimate of drug-likeness (QED) is 0.772. The van der Waals surface area contributed by atoms with Gasteiger partial charge in [0.25, 0.3) is 0 Å². The van der Waals surface area contributed by atoms with Crippen LogP contribution in [0.2, 0.25) is 0 Å². The number of benzene rings is 1. The van der Waals surface area contributed by atoms with E-state index in [1.807, 2.05) is 13.0 Å². The molecule has 1 aromatic rings. The standard InChI is InChI=1S/C11H13NO3S/c1-9-3-2-4-11(7-9)16(14,15)12-6-5-10(13)8-12/h2-4,7H,5-6,8H2,1H3. The average Bonchev–Trinajstić information content (AvgIpc) is 2.65. The molecule has 0 N–H and O–H groups in total. The van der Waals surface area contributed by atoms with Crippen molar-refractivity contribution in [1.82, 2.24) is 4.31 Å². The first-order valence-corrected chi connectivity index (χ1v) is 6.53. The number of hydrogen-bond acceptors (Lipinski definition) is 3. The molecule has 16 heavy (non-hydrogen) atoms. The Labute approximate surface area is 94.9 Å². The lowest BCUT2D eigenvalue weighted by Gasteiger charge is -2.14. The van der Waals surface area contributed by atoms with Gasteiger partial charge in [0.2, 0.25) is 10.0 Å². The maximum Gasteiger partial charge on any atom is 0.243 e. The summed E-state index contributed by atoms with van der Waals surface area (Å²) in [5.41, 5.74) is 0.895. The lowest BCUT2D eigenvalue weighted by molar-refractivity contribution is -0.116. The van der Waals surface area contributed by atoms with Gasteiger partial charge in [-0.05, 0) is 24.6 Å². The second-order valence-corrected chi connectivity index (χ2v) is 5.88. The Balaban J connectivity index is 2.36. The fraction of sp³-hybridized carbons (Fsp3) is 0.364. The number of hydrogen-bond donors (Lipinski definition) is 0. The number of sulfonamides is 1. The summed E-state index contributed by atoms with van der Waals surface area (Å²) in [7, 11) is -3.48. The first-order chi connectivity index (χ1) is 7.50. The molecule has 1 heterocycles. The van der Waals surface area contributed by atoms with E-state index in [-0.39, 0.29) is 17.2 Å². The Hall–Kier alpha value is -1.20. The first-order valence-electron chi connectivity index (χ1n) is 5.09. The molecule has 0 atom stereocenters. The molecule has 2 rings (SSSR count). The molecule has 1 aromatic carbocycles. The lowest BCUT2D eigenvalue weighted by atomic mass is 10.2. The molecule has 0 aliphatic carbocycles. The highest BCUT2D eigenvalue weighted by Crippen LogP contribution is 2.19. The van der Waals surface area contributed by atoms with Crippen LogP contribution in [-0.2, 0) is 14.8 Å². The van der Waals surface area contributed by atoms with Crippen LogP contribution in [-0.4, -0.2) is 31.6 Å². The zero-order valence-corrected chi connectivity index (χ0v) is 9.83. The molecule has 1 saturated heterocycles. The predicted octanol–water partition coefficient (Wildman–Crippen LogP) is 0.959. The summed E-state index contributed by atoms with van der Waals surface area (Å²) >= 11 is 0. The number of nitrogens with zero attached hydrogens (tertiary/aromatic N) is 1. The van der Waals surface area contributed by atoms with Gasteiger partial charge < -0.3 is 0 Å². The van der Waals surface area contributed by atoms with E-state index in [2.05, 4.69) is 0 Å². The van der Waals surface area contributed by atoms with Crippen LogP contribution in [0.25, 0.3) is 0 Å². The van der Waals surface area contributed by atoms with Gasteiger partial charge in [-0.3, -0.25) is 4.79 Å². The van der Waals surface area contributed by atoms with Crippen LogP contribution in [0.15, 0.2) is 29.2 Å². The van der Waals surface area contributed by atoms with Crippen molar-refractivity contribution >= 4 is 15.8 Å². The van der Waals surface area contributed by atoms with E-state index in [4.69, 9.17) is 0 Å². The Bertz CT molecular complexity index is 522. The van der Waals surface area contributed by atoms with Crippen LogP contribution >= 0.6 is 0 Å². The summed E-state index contributed by atoms with van der Waals surface area (Å²) in [6.45, 7) is 2.15. The molecule has 1 aliphatic rings. The van der Waals surface area contributed by atoms with Crippen molar-refractivity contribution in [3.05, 3.63) is 29.8 Å². The molecule has 0 spiro atoms. The minimum absolute atomic E-state index is 0.0102. The molecule has 0 radical (unpaired) electrons. The van der Waals surface area contributed by atoms with Crippen LogP contribution in [0.1, 0.15) is 12.0 Å². The monoisotopic (exact) mass is 239 g/mol. The van der Waals surface area contributed by atoms with Crippen LogP contribution in [0, 0.1) is 6.92 Å². The zero-order chi connectivity index (χ0) is 11.8. The number of ketones is 1. The van der Waals surface area contributed by atoms with E-state index < -0.39 is 10.0 Å². The van der Waals surface area contributed by atoms with Crippen molar-refractivity contribution in [2.45, 2.75) is 18.2 Å². The molecule has 86 valence electrons. The fourth-order valence-corrected chi connectivity index (χ4v) is 3.26. The minimum Gasteiger partial charge on any atom is -0.298 e. The van der Waals surface area contributed by atoms with Gasteiger partial charge in [0.15, 0.2) is 0 Å². The van der Waals surface area contributed by atoms with Crippen molar-refractivity contribution in [2.24, 2.45) is 0 Å². The van der Waals surface area contributed by atoms with E-state index in [1.165, 1.54) is 4.31 Å². The van der Waals surface area contributed by atoms with E-state index in [1.54, 1.807) is 18.2 Å². The number of carbonyl (C=O) groups excluding carboxylic acids is 1. The predicted molar refractivity (Wildman–Crippen MR) is 59.6 cm³/mol. The highest BCUT2D eigenvalue weighted by atomic mass is 32.2. The van der Waals surface area contributed by atoms with E-state index >= 15 is 0 Å². The second-order valence-electron chi connectivity index (χ2n) is 3.94. The normalized spacial score (nSPS) is 17.9. The highest BCUT2D eigenvalue weighted by molar-refractivity contribution is 7.89. The van der Waals surface area contributed by atoms with Crippen LogP contribution in [0.5, 0.6) is 0 Å². The summed E-state index contributed by atoms with van der Waals surface area (Å²) < 4.78 is 25.5. The summed E-state index contributed by atoms with van der Waals surface area (Å²) in [6, 6.07) is 6.73. The van der Waals surface area contributed by atoms with Gasteiger partial charge >= 0.3 is 0 Å². The highest BCUT2D eigenvalue weighted by Gasteiger charge is 2.31. The summed E-state index contributed by atoms with van der Waals surface area (Å²) in [5.74, 6) is -0.0174. The summed E-state index contributed by atoms with van der Waals surface area (Å²) in [5, 5.41) is 0. The van der Waals surface area contributed by atoms with Gasteiger partial charge in [0.05, 0.1) is 11.4 Å². The molecular weight excluding hydrogens is 226 g/mol. The lowest BCUT2D eigenvalue weighted by Crippen LogP contribution is -2.28. The van der Waals surface area contributed by atoms with Crippen molar-refractivity contribution in [1.29, 1.82) is 0 Å². The smallest absolute Gasteiger partial charge is 0.243 e. The minimum atomic E-state index is -3.48. The maximum absolute atomic E-state index is 12.1. The van der Waals surface area contributed by atoms with Crippen molar-refractivity contribution in [3.8, 4) is 0 Å². The van der Waals surface area contributed by atoms with Crippen LogP contribution in [0.4, 0.5) is 0 Å². The van der Waals surface area contributed by atoms with Crippen molar-refractivity contribution in [3.63, 3.8) is 0 Å². The van der Waals surface area contributed by atoms with E-state index in [9.17, 15) is 13.2 Å². The van der Waals surface area contributed by atoms with Crippen LogP contribution < -0.4 is 0 Å². The Kier molecular flexibility index (Phi) is 2.82. The molecule has 0 amide bonds. The average molecular weight is 239 g/mol. The molecule has 0 saturated carbocycles. The SMILES string of the molecule is Cc1cccc(S(=O)(=O)N2CCC(=O)C2)c1. The number of rotatable bonds is 2. The number of aryl methyl sites for hydroxylation is 1. The maximum atomic E-state index is 12.1. The molecule has 0 unspecified atom stereocenters. The Morgan fingerprint density at radius 3 is 2.62 bits per heavy atom. The summed E-state index contributed by atoms with van der Waals surface area (Å²) in [6.07, 6.45) is 0.324. The van der Waals surface area contributed by atoms with Crippen molar-refractivity contribution < 1.29 is 13.2 Å². The third-order valence-electron chi connectivity index (χ3n) is 2.62. The fourth-order valence-electron chi connectivity index (χ4n) is 1.73. The number of carbonyl (C=O) groups is 1. The first kappa shape index (κ1) is 11.3. The van der Waals surface area contributed by atoms with Gasteiger partial charge in [-0.25, -0.2) is 8.42 Å². The van der Waals surface area contributed by atoms with Gasteiger partial charge in [-0.2, -0.15) is 4.31 Å². The number of Topliss-reactive ketones (excluding diaryl/α,β-unsaturated/α-hetero) is 1. The van der Waals surface area contributed by atoms with Crippen molar-refractivity contribution in [2.75, 3.05) is 13.1 Å². The zero-order valence-electron chi connectivity index (χ0n) is 9.01. The molecule has 0 aromatic heterocycles. The third kappa shape index (κ3) is 2.01. The molecule has 0 bridgehead atoms. The van der Waals surface area contributed by atoms with E-state index in [0.29, 0.717) is 13.0 Å². The molecule has 1 aliphatic heterocycles. The molecule has 1 fully saturated rings. The Morgan fingerprint density at radius 1 is 1.31 bits per heavy atom. The molecule has 5 heteroatoms. The van der Waals surface area contributed by atoms with Gasteiger partial charge in [0.1, 0.15) is 5.78 Å². The largest absolute Gasteiger partial charge is 0.298 e. The Morgan fingerprint density at radius 2 is 2.06 bits per heavy atom. The van der Waals surface area contributed by atoms with E-state index in [0.717, 1.165) is 5.56 Å². The topological polar surface area (TPSA) is 54.5 Å². The second kappa shape index (κ2) is 3.99. The molecular formula is C11H13NO3S. The van der Waals surface area contributed by atoms with Gasteiger partial charge in [-0.1, -0.05) is 12.1 Å². The van der Waals surface area contributed by atoms with Crippen LogP contribution in [0.3, 0.4) is 0 Å². The summed E-state index contributed by atoms with van der Waals surface area (Å²) in [4.78, 5) is 11.4. The third-order valence-corrected chi connectivity index (χ3v) is 4.46. The van der Waals surface area contributed by atoms with Gasteiger partial charge in [-0.15, -0.1) is 0 Å². The molecule has 4 nitrogen and oxygen atoms in total. The van der Waals surface area contributed by atoms with Gasteiger partial charge in [0, 0.05) is 13.0 Å².